The predicted molar refractivity (Wildman–Crippen MR) is 73.6 cm³/mol. The van der Waals surface area contributed by atoms with Crippen LogP contribution < -0.4 is 10.6 Å². The number of anilines is 1. The molecule has 1 aromatic rings. The number of rotatable bonds is 5. The quantitative estimate of drug-likeness (QED) is 0.731. The van der Waals surface area contributed by atoms with E-state index in [9.17, 15) is 4.79 Å². The molecule has 7 heteroatoms. The Hall–Kier alpha value is -2.02. The van der Waals surface area contributed by atoms with Crippen molar-refractivity contribution >= 4 is 11.7 Å². The molecule has 20 heavy (non-hydrogen) atoms. The Labute approximate surface area is 117 Å². The van der Waals surface area contributed by atoms with Gasteiger partial charge in [0.2, 0.25) is 0 Å². The Kier molecular flexibility index (Phi) is 3.35. The highest BCUT2D eigenvalue weighted by Gasteiger charge is 2.35. The lowest BCUT2D eigenvalue weighted by Crippen LogP contribution is -2.49. The van der Waals surface area contributed by atoms with E-state index in [1.807, 2.05) is 4.57 Å². The highest BCUT2D eigenvalue weighted by molar-refractivity contribution is 5.99. The lowest BCUT2D eigenvalue weighted by atomic mass is 10.0. The summed E-state index contributed by atoms with van der Waals surface area (Å²) in [6.45, 7) is 3.04. The van der Waals surface area contributed by atoms with Crippen molar-refractivity contribution in [2.75, 3.05) is 11.9 Å². The van der Waals surface area contributed by atoms with Crippen molar-refractivity contribution in [2.45, 2.75) is 32.6 Å². The summed E-state index contributed by atoms with van der Waals surface area (Å²) < 4.78 is 1.97. The molecule has 0 aromatic carbocycles. The maximum atomic E-state index is 12.3. The topological polar surface area (TPSA) is 82.4 Å². The molecule has 0 bridgehead atoms. The van der Waals surface area contributed by atoms with E-state index in [-0.39, 0.29) is 18.8 Å². The van der Waals surface area contributed by atoms with Crippen LogP contribution in [0.1, 0.15) is 30.3 Å². The number of nitrogens with zero attached hydrogens (tertiary/aromatic N) is 3. The van der Waals surface area contributed by atoms with Gasteiger partial charge in [-0.25, -0.2) is 4.98 Å². The zero-order valence-corrected chi connectivity index (χ0v) is 11.4. The molecule has 7 nitrogen and oxygen atoms in total. The van der Waals surface area contributed by atoms with Crippen LogP contribution in [-0.2, 0) is 6.54 Å². The number of aliphatic hydroxyl groups excluding tert-OH is 1. The van der Waals surface area contributed by atoms with E-state index in [0.29, 0.717) is 11.6 Å². The first kappa shape index (κ1) is 13.0. The molecule has 1 aromatic heterocycles. The van der Waals surface area contributed by atoms with E-state index in [1.54, 1.807) is 23.6 Å². The van der Waals surface area contributed by atoms with Gasteiger partial charge in [0.05, 0.1) is 6.33 Å². The van der Waals surface area contributed by atoms with Gasteiger partial charge >= 0.3 is 0 Å². The zero-order valence-electron chi connectivity index (χ0n) is 11.4. The lowest BCUT2D eigenvalue weighted by molar-refractivity contribution is 0.0771. The minimum Gasteiger partial charge on any atom is -0.396 e. The average Bonchev–Trinajstić information content (AvgIpc) is 3.06. The molecule has 1 unspecified atom stereocenters. The summed E-state index contributed by atoms with van der Waals surface area (Å²) in [6.07, 6.45) is 6.66. The number of fused-ring (bicyclic) bond motifs is 2. The molecule has 1 amide bonds. The molecular formula is C13H19N5O2. The summed E-state index contributed by atoms with van der Waals surface area (Å²) in [4.78, 5) is 18.1. The second kappa shape index (κ2) is 5.16. The van der Waals surface area contributed by atoms with Crippen molar-refractivity contribution in [3.8, 4) is 0 Å². The normalized spacial score (nSPS) is 21.2. The molecule has 3 rings (SSSR count). The van der Waals surface area contributed by atoms with E-state index in [1.165, 1.54) is 0 Å². The second-order valence-corrected chi connectivity index (χ2v) is 5.12. The standard InChI is InChI=1S/C13H19N5O2/c1-2-9(3-6-19)7-17-8-15-10-11(17)16-13-14-4-5-18(13)12(10)20/h4-5,8-9,13-14,16,19H,2-3,6-7H2,1H3/t9-,13?/m1/s1. The monoisotopic (exact) mass is 277 g/mol. The molecule has 0 spiro atoms. The molecule has 108 valence electrons. The largest absolute Gasteiger partial charge is 0.396 e. The molecule has 0 saturated heterocycles. The van der Waals surface area contributed by atoms with Crippen LogP contribution in [-0.4, -0.2) is 38.4 Å². The van der Waals surface area contributed by atoms with Gasteiger partial charge in [0.1, 0.15) is 5.82 Å². The Balaban J connectivity index is 1.83. The highest BCUT2D eigenvalue weighted by Crippen LogP contribution is 2.27. The number of hydrogen-bond acceptors (Lipinski definition) is 5. The zero-order chi connectivity index (χ0) is 14.1. The van der Waals surface area contributed by atoms with Gasteiger partial charge in [-0.05, 0) is 12.3 Å². The third kappa shape index (κ3) is 2.03. The molecular weight excluding hydrogens is 258 g/mol. The lowest BCUT2D eigenvalue weighted by Gasteiger charge is -2.30. The van der Waals surface area contributed by atoms with Gasteiger partial charge in [-0.15, -0.1) is 0 Å². The smallest absolute Gasteiger partial charge is 0.283 e. The fourth-order valence-corrected chi connectivity index (χ4v) is 2.64. The van der Waals surface area contributed by atoms with E-state index >= 15 is 0 Å². The number of carbonyl (C=O) groups excluding carboxylic acids is 1. The molecule has 2 aliphatic heterocycles. The number of hydrogen-bond donors (Lipinski definition) is 3. The van der Waals surface area contributed by atoms with Crippen molar-refractivity contribution in [3.05, 3.63) is 24.4 Å². The average molecular weight is 277 g/mol. The third-order valence-corrected chi connectivity index (χ3v) is 3.89. The summed E-state index contributed by atoms with van der Waals surface area (Å²) in [7, 11) is 0. The highest BCUT2D eigenvalue weighted by atomic mass is 16.3. The van der Waals surface area contributed by atoms with Crippen molar-refractivity contribution in [1.82, 2.24) is 19.8 Å². The van der Waals surface area contributed by atoms with Gasteiger partial charge < -0.3 is 20.3 Å². The summed E-state index contributed by atoms with van der Waals surface area (Å²) in [5.41, 5.74) is 0.452. The maximum Gasteiger partial charge on any atom is 0.283 e. The second-order valence-electron chi connectivity index (χ2n) is 5.12. The van der Waals surface area contributed by atoms with Crippen molar-refractivity contribution in [3.63, 3.8) is 0 Å². The Morgan fingerprint density at radius 2 is 2.40 bits per heavy atom. The molecule has 2 atom stereocenters. The van der Waals surface area contributed by atoms with E-state index in [0.717, 1.165) is 25.2 Å². The fraction of sp³-hybridized carbons (Fsp3) is 0.538. The number of amides is 1. The molecule has 3 N–H and O–H groups in total. The molecule has 0 fully saturated rings. The molecule has 3 heterocycles. The van der Waals surface area contributed by atoms with Gasteiger partial charge in [0, 0.05) is 25.6 Å². The predicted octanol–water partition coefficient (Wildman–Crippen LogP) is 0.517. The molecule has 0 radical (unpaired) electrons. The van der Waals surface area contributed by atoms with Crippen molar-refractivity contribution in [2.24, 2.45) is 5.92 Å². The summed E-state index contributed by atoms with van der Waals surface area (Å²) >= 11 is 0. The van der Waals surface area contributed by atoms with Gasteiger partial charge in [-0.1, -0.05) is 13.3 Å². The summed E-state index contributed by atoms with van der Waals surface area (Å²) in [5.74, 6) is 1.03. The first-order chi connectivity index (χ1) is 9.74. The van der Waals surface area contributed by atoms with Gasteiger partial charge in [0.15, 0.2) is 12.0 Å². The summed E-state index contributed by atoms with van der Waals surface area (Å²) in [6, 6.07) is 0. The molecule has 0 aliphatic carbocycles. The minimum atomic E-state index is -0.233. The number of imidazole rings is 1. The summed E-state index contributed by atoms with van der Waals surface area (Å²) in [5, 5.41) is 15.4. The third-order valence-electron chi connectivity index (χ3n) is 3.89. The van der Waals surface area contributed by atoms with Crippen LogP contribution in [0.15, 0.2) is 18.7 Å². The fourth-order valence-electron chi connectivity index (χ4n) is 2.64. The van der Waals surface area contributed by atoms with E-state index in [2.05, 4.69) is 22.5 Å². The van der Waals surface area contributed by atoms with Crippen LogP contribution in [0, 0.1) is 5.92 Å². The van der Waals surface area contributed by atoms with Crippen LogP contribution in [0.3, 0.4) is 0 Å². The van der Waals surface area contributed by atoms with Gasteiger partial charge in [-0.2, -0.15) is 0 Å². The first-order valence-corrected chi connectivity index (χ1v) is 6.92. The molecule has 0 saturated carbocycles. The number of carbonyl (C=O) groups is 1. The van der Waals surface area contributed by atoms with Crippen LogP contribution in [0.25, 0.3) is 0 Å². The Morgan fingerprint density at radius 1 is 1.55 bits per heavy atom. The maximum absolute atomic E-state index is 12.3. The van der Waals surface area contributed by atoms with Gasteiger partial charge in [0.25, 0.3) is 5.91 Å². The SMILES string of the molecule is CC[C@H](CCO)Cn1cnc2c1NC1NC=CN1C2=O. The minimum absolute atomic E-state index is 0.0982. The van der Waals surface area contributed by atoms with E-state index < -0.39 is 0 Å². The van der Waals surface area contributed by atoms with Crippen molar-refractivity contribution in [1.29, 1.82) is 0 Å². The Morgan fingerprint density at radius 3 is 3.15 bits per heavy atom. The number of aromatic nitrogens is 2. The van der Waals surface area contributed by atoms with Gasteiger partial charge in [-0.3, -0.25) is 9.69 Å². The van der Waals surface area contributed by atoms with Crippen molar-refractivity contribution < 1.29 is 9.90 Å². The Bertz CT molecular complexity index is 539. The van der Waals surface area contributed by atoms with Crippen LogP contribution in [0.2, 0.25) is 0 Å². The number of aliphatic hydroxyl groups is 1. The van der Waals surface area contributed by atoms with Crippen LogP contribution >= 0.6 is 0 Å². The number of nitrogens with one attached hydrogen (secondary N) is 2. The van der Waals surface area contributed by atoms with Crippen LogP contribution in [0.4, 0.5) is 5.82 Å². The molecule has 2 aliphatic rings. The van der Waals surface area contributed by atoms with E-state index in [4.69, 9.17) is 5.11 Å². The van der Waals surface area contributed by atoms with Crippen LogP contribution in [0.5, 0.6) is 0 Å². The first-order valence-electron chi connectivity index (χ1n) is 6.92.